The first-order valence-corrected chi connectivity index (χ1v) is 7.55. The first-order chi connectivity index (χ1) is 8.41. The summed E-state index contributed by atoms with van der Waals surface area (Å²) in [7, 11) is 2.59. The summed E-state index contributed by atoms with van der Waals surface area (Å²) in [5.41, 5.74) is 0. The summed E-state index contributed by atoms with van der Waals surface area (Å²) < 4.78 is 16.6. The van der Waals surface area contributed by atoms with Gasteiger partial charge in [-0.25, -0.2) is 0 Å². The molecule has 0 amide bonds. The Kier molecular flexibility index (Phi) is 13.4. The van der Waals surface area contributed by atoms with Crippen molar-refractivity contribution in [2.24, 2.45) is 4.99 Å². The average molecular weight is 405 g/mol. The summed E-state index contributed by atoms with van der Waals surface area (Å²) in [6.45, 7) is 8.17. The Morgan fingerprint density at radius 2 is 1.84 bits per heavy atom. The van der Waals surface area contributed by atoms with E-state index in [4.69, 9.17) is 4.74 Å². The quantitative estimate of drug-likeness (QED) is 0.291. The highest BCUT2D eigenvalue weighted by Gasteiger charge is 2.18. The van der Waals surface area contributed by atoms with Gasteiger partial charge in [0.15, 0.2) is 5.96 Å². The molecule has 2 N–H and O–H groups in total. The van der Waals surface area contributed by atoms with Crippen LogP contribution in [0.4, 0.5) is 0 Å². The van der Waals surface area contributed by atoms with Gasteiger partial charge >= 0.3 is 0 Å². The molecule has 0 aromatic carbocycles. The molecule has 0 aliphatic rings. The van der Waals surface area contributed by atoms with Crippen LogP contribution in [-0.4, -0.2) is 54.5 Å². The molecule has 0 aliphatic carbocycles. The summed E-state index contributed by atoms with van der Waals surface area (Å²) in [5, 5.41) is 6.33. The minimum absolute atomic E-state index is 0. The van der Waals surface area contributed by atoms with Gasteiger partial charge < -0.3 is 15.4 Å². The Morgan fingerprint density at radius 3 is 2.32 bits per heavy atom. The van der Waals surface area contributed by atoms with Gasteiger partial charge in [-0.3, -0.25) is 9.20 Å². The van der Waals surface area contributed by atoms with Gasteiger partial charge in [-0.2, -0.15) is 0 Å². The zero-order valence-corrected chi connectivity index (χ0v) is 15.8. The van der Waals surface area contributed by atoms with Crippen LogP contribution >= 0.6 is 24.0 Å². The third-order valence-electron chi connectivity index (χ3n) is 2.30. The smallest absolute Gasteiger partial charge is 0.191 e. The van der Waals surface area contributed by atoms with Crippen molar-refractivity contribution in [2.45, 2.75) is 31.9 Å². The van der Waals surface area contributed by atoms with Crippen LogP contribution in [-0.2, 0) is 15.5 Å². The number of ether oxygens (including phenoxy) is 1. The zero-order valence-electron chi connectivity index (χ0n) is 12.6. The lowest BCUT2D eigenvalue weighted by molar-refractivity contribution is 0.195. The molecule has 0 heterocycles. The van der Waals surface area contributed by atoms with Gasteiger partial charge in [0.25, 0.3) is 0 Å². The normalized spacial score (nSPS) is 13.6. The first kappa shape index (κ1) is 21.4. The number of nitrogens with one attached hydrogen (secondary N) is 2. The van der Waals surface area contributed by atoms with E-state index in [1.54, 1.807) is 14.2 Å². The SMILES string of the molecule is CN=C(NCCCOC)NCCS(=O)C(C)(C)C.I. The second-order valence-corrected chi connectivity index (χ2v) is 7.26. The minimum Gasteiger partial charge on any atom is -0.385 e. The van der Waals surface area contributed by atoms with Gasteiger partial charge in [-0.1, -0.05) is 0 Å². The highest BCUT2D eigenvalue weighted by molar-refractivity contribution is 14.0. The van der Waals surface area contributed by atoms with E-state index in [0.717, 1.165) is 25.5 Å². The molecule has 0 rings (SSSR count). The van der Waals surface area contributed by atoms with Crippen molar-refractivity contribution in [1.29, 1.82) is 0 Å². The van der Waals surface area contributed by atoms with Crippen molar-refractivity contribution in [3.05, 3.63) is 0 Å². The molecule has 7 heteroatoms. The van der Waals surface area contributed by atoms with Crippen LogP contribution in [0.2, 0.25) is 0 Å². The molecule has 0 aromatic rings. The lowest BCUT2D eigenvalue weighted by Crippen LogP contribution is -2.40. The molecule has 116 valence electrons. The molecule has 5 nitrogen and oxygen atoms in total. The number of halogens is 1. The number of guanidine groups is 1. The summed E-state index contributed by atoms with van der Waals surface area (Å²) in [6, 6.07) is 0. The maximum Gasteiger partial charge on any atom is 0.191 e. The number of aliphatic imine (C=N–C) groups is 1. The first-order valence-electron chi connectivity index (χ1n) is 6.23. The molecule has 0 spiro atoms. The number of rotatable bonds is 7. The van der Waals surface area contributed by atoms with Crippen molar-refractivity contribution in [3.8, 4) is 0 Å². The Hall–Kier alpha value is 0.110. The standard InChI is InChI=1S/C12H27N3O2S.HI/c1-12(2,3)18(16)10-8-15-11(13-4)14-7-6-9-17-5;/h6-10H2,1-5H3,(H2,13,14,15);1H. The summed E-state index contributed by atoms with van der Waals surface area (Å²) in [5.74, 6) is 1.37. The lowest BCUT2D eigenvalue weighted by Gasteiger charge is -2.18. The molecule has 0 aromatic heterocycles. The molecular formula is C12H28IN3O2S. The third-order valence-corrected chi connectivity index (χ3v) is 4.25. The van der Waals surface area contributed by atoms with Crippen LogP contribution in [0.5, 0.6) is 0 Å². The molecule has 19 heavy (non-hydrogen) atoms. The van der Waals surface area contributed by atoms with Crippen LogP contribution in [0.1, 0.15) is 27.2 Å². The predicted molar refractivity (Wildman–Crippen MR) is 94.0 cm³/mol. The van der Waals surface area contributed by atoms with E-state index < -0.39 is 10.8 Å². The minimum atomic E-state index is -0.830. The van der Waals surface area contributed by atoms with E-state index in [9.17, 15) is 4.21 Å². The monoisotopic (exact) mass is 405 g/mol. The van der Waals surface area contributed by atoms with Gasteiger partial charge in [0.2, 0.25) is 0 Å². The maximum absolute atomic E-state index is 11.8. The van der Waals surface area contributed by atoms with E-state index in [2.05, 4.69) is 15.6 Å². The molecule has 0 saturated carbocycles. The molecule has 0 radical (unpaired) electrons. The van der Waals surface area contributed by atoms with Gasteiger partial charge in [0, 0.05) is 55.2 Å². The maximum atomic E-state index is 11.8. The van der Waals surface area contributed by atoms with Crippen molar-refractivity contribution in [3.63, 3.8) is 0 Å². The van der Waals surface area contributed by atoms with Crippen LogP contribution in [0, 0.1) is 0 Å². The van der Waals surface area contributed by atoms with E-state index in [1.807, 2.05) is 20.8 Å². The van der Waals surface area contributed by atoms with Crippen LogP contribution in [0.25, 0.3) is 0 Å². The van der Waals surface area contributed by atoms with Crippen molar-refractivity contribution in [1.82, 2.24) is 10.6 Å². The highest BCUT2D eigenvalue weighted by atomic mass is 127. The van der Waals surface area contributed by atoms with Gasteiger partial charge in [-0.05, 0) is 27.2 Å². The summed E-state index contributed by atoms with van der Waals surface area (Å²) >= 11 is 0. The Balaban J connectivity index is 0. The van der Waals surface area contributed by atoms with E-state index in [0.29, 0.717) is 12.3 Å². The van der Waals surface area contributed by atoms with Crippen LogP contribution in [0.15, 0.2) is 4.99 Å². The zero-order chi connectivity index (χ0) is 14.0. The van der Waals surface area contributed by atoms with Gasteiger partial charge in [-0.15, -0.1) is 24.0 Å². The highest BCUT2D eigenvalue weighted by Crippen LogP contribution is 2.10. The second kappa shape index (κ2) is 11.9. The molecule has 1 unspecified atom stereocenters. The summed E-state index contributed by atoms with van der Waals surface area (Å²) in [4.78, 5) is 4.10. The fraction of sp³-hybridized carbons (Fsp3) is 0.917. The predicted octanol–water partition coefficient (Wildman–Crippen LogP) is 1.35. The Bertz CT molecular complexity index is 281. The molecule has 1 atom stereocenters. The topological polar surface area (TPSA) is 62.7 Å². The van der Waals surface area contributed by atoms with Crippen LogP contribution < -0.4 is 10.6 Å². The van der Waals surface area contributed by atoms with Crippen molar-refractivity contribution in [2.75, 3.05) is 39.6 Å². The fourth-order valence-corrected chi connectivity index (χ4v) is 2.11. The Morgan fingerprint density at radius 1 is 1.26 bits per heavy atom. The molecule has 0 aliphatic heterocycles. The van der Waals surface area contributed by atoms with E-state index in [1.165, 1.54) is 0 Å². The third kappa shape index (κ3) is 11.6. The molecule has 0 fully saturated rings. The molecule has 0 saturated heterocycles. The Labute approximate surface area is 136 Å². The lowest BCUT2D eigenvalue weighted by atomic mass is 10.3. The number of methoxy groups -OCH3 is 1. The van der Waals surface area contributed by atoms with Crippen molar-refractivity contribution >= 4 is 40.7 Å². The number of hydrogen-bond donors (Lipinski definition) is 2. The molecular weight excluding hydrogens is 377 g/mol. The van der Waals surface area contributed by atoms with Crippen molar-refractivity contribution < 1.29 is 8.95 Å². The second-order valence-electron chi connectivity index (χ2n) is 4.93. The van der Waals surface area contributed by atoms with Gasteiger partial charge in [0.05, 0.1) is 0 Å². The largest absolute Gasteiger partial charge is 0.385 e. The molecule has 0 bridgehead atoms. The van der Waals surface area contributed by atoms with E-state index in [-0.39, 0.29) is 28.7 Å². The average Bonchev–Trinajstić information content (AvgIpc) is 2.30. The van der Waals surface area contributed by atoms with E-state index >= 15 is 0 Å². The van der Waals surface area contributed by atoms with Crippen LogP contribution in [0.3, 0.4) is 0 Å². The number of nitrogens with zero attached hydrogens (tertiary/aromatic N) is 1. The van der Waals surface area contributed by atoms with Gasteiger partial charge in [0.1, 0.15) is 0 Å². The summed E-state index contributed by atoms with van der Waals surface area (Å²) in [6.07, 6.45) is 0.936. The number of hydrogen-bond acceptors (Lipinski definition) is 3. The fourth-order valence-electron chi connectivity index (χ4n) is 1.21.